The third kappa shape index (κ3) is 6.11. The zero-order valence-corrected chi connectivity index (χ0v) is 37.9. The zero-order valence-electron chi connectivity index (χ0n) is 47.9. The van der Waals surface area contributed by atoms with Gasteiger partial charge in [0, 0.05) is 33.5 Å². The van der Waals surface area contributed by atoms with Gasteiger partial charge in [0.05, 0.1) is 25.1 Å². The highest BCUT2D eigenvalue weighted by molar-refractivity contribution is 6.47. The molecule has 0 heterocycles. The molecule has 0 saturated heterocycles. The molecule has 0 N–H and O–H groups in total. The Morgan fingerprint density at radius 1 is 0.279 bits per heavy atom. The van der Waals surface area contributed by atoms with Crippen LogP contribution in [0.15, 0.2) is 218 Å². The van der Waals surface area contributed by atoms with Crippen LogP contribution in [-0.4, -0.2) is 0 Å². The van der Waals surface area contributed by atoms with E-state index in [0.717, 1.165) is 77.9 Å². The van der Waals surface area contributed by atoms with E-state index in [1.807, 2.05) is 36.4 Å². The molecule has 0 amide bonds. The van der Waals surface area contributed by atoms with Crippen LogP contribution in [0, 0.1) is 27.7 Å². The summed E-state index contributed by atoms with van der Waals surface area (Å²) in [5, 5.41) is 8.29. The summed E-state index contributed by atoms with van der Waals surface area (Å²) in [6.07, 6.45) is 0. The van der Waals surface area contributed by atoms with Gasteiger partial charge in [0.25, 0.3) is 0 Å². The molecular formula is C66H48N2. The van der Waals surface area contributed by atoms with Crippen molar-refractivity contribution >= 4 is 98.8 Å². The molecule has 0 fully saturated rings. The van der Waals surface area contributed by atoms with Gasteiger partial charge in [-0.1, -0.05) is 180 Å². The van der Waals surface area contributed by atoms with Gasteiger partial charge in [0.15, 0.2) is 0 Å². The molecule has 0 aliphatic heterocycles. The Labute approximate surface area is 411 Å². The number of aryl methyl sites for hydroxylation is 4. The molecule has 2 nitrogen and oxygen atoms in total. The van der Waals surface area contributed by atoms with Gasteiger partial charge in [-0.25, -0.2) is 0 Å². The first-order chi connectivity index (χ1) is 37.5. The van der Waals surface area contributed by atoms with Crippen molar-refractivity contribution in [2.24, 2.45) is 0 Å². The molecule has 0 atom stereocenters. The molecular weight excluding hydrogens is 821 g/mol. The maximum absolute atomic E-state index is 9.78. The van der Waals surface area contributed by atoms with Gasteiger partial charge in [-0.05, 0) is 164 Å². The minimum Gasteiger partial charge on any atom is -0.310 e. The molecule has 0 aliphatic carbocycles. The van der Waals surface area contributed by atoms with Crippen LogP contribution in [0.25, 0.3) is 86.9 Å². The van der Waals surface area contributed by atoms with Crippen molar-refractivity contribution in [1.82, 2.24) is 0 Å². The van der Waals surface area contributed by atoms with E-state index in [9.17, 15) is 11.0 Å². The van der Waals surface area contributed by atoms with Crippen LogP contribution in [-0.2, 0) is 0 Å². The number of nitrogens with zero attached hydrogens (tertiary/aromatic N) is 2. The summed E-state index contributed by atoms with van der Waals surface area (Å²) in [5.41, 5.74) is 10.6. The van der Waals surface area contributed by atoms with E-state index in [-0.39, 0.29) is 35.3 Å². The highest BCUT2D eigenvalue weighted by Gasteiger charge is 2.29. The molecule has 0 bridgehead atoms. The number of hydrogen-bond donors (Lipinski definition) is 0. The third-order valence-electron chi connectivity index (χ3n) is 13.8. The zero-order chi connectivity index (χ0) is 54.3. The molecule has 13 aromatic carbocycles. The van der Waals surface area contributed by atoms with Crippen molar-refractivity contribution in [1.29, 1.82) is 0 Å². The van der Waals surface area contributed by atoms with E-state index < -0.39 is 36.3 Å². The van der Waals surface area contributed by atoms with Crippen LogP contribution in [0.3, 0.4) is 0 Å². The summed E-state index contributed by atoms with van der Waals surface area (Å²) in [6, 6.07) is 49.0. The maximum Gasteiger partial charge on any atom is 0.0629 e. The summed E-state index contributed by atoms with van der Waals surface area (Å²) in [7, 11) is 0. The Balaban J connectivity index is 1.28. The Hall–Kier alpha value is -8.46. The van der Waals surface area contributed by atoms with Gasteiger partial charge in [-0.3, -0.25) is 0 Å². The third-order valence-corrected chi connectivity index (χ3v) is 13.8. The van der Waals surface area contributed by atoms with Crippen LogP contribution < -0.4 is 9.80 Å². The molecule has 0 spiro atoms. The standard InChI is InChI=1S/C66H48N2/c1-41-21-29-47(30-22-41)67(48-31-23-42(2)24-32-48)57-39-37-55-61-51(57)17-11-19-53(61)63-59(45-13-7-5-8-14-45)66-56-38-40-58(68(49-33-25-43(3)26-34-49)50-35-27-44(4)28-36-50)52-18-12-20-54(62(52)56)64(66)60(65(55)63)46-15-9-6-10-16-46/h5-40H,1-4H3/i5D,6D,7D,8D,9D,10D,13D,14D,15D,16D. The smallest absolute Gasteiger partial charge is 0.0629 e. The molecule has 322 valence electrons. The number of fused-ring (bicyclic) bond motifs is 6. The molecule has 68 heavy (non-hydrogen) atoms. The average molecular weight is 879 g/mol. The summed E-state index contributed by atoms with van der Waals surface area (Å²) in [5.74, 6) is 0. The van der Waals surface area contributed by atoms with Crippen LogP contribution in [0.2, 0.25) is 0 Å². The van der Waals surface area contributed by atoms with E-state index in [0.29, 0.717) is 54.2 Å². The van der Waals surface area contributed by atoms with Crippen LogP contribution in [0.4, 0.5) is 34.1 Å². The normalized spacial score (nSPS) is 13.9. The molecule has 0 unspecified atom stereocenters. The minimum absolute atomic E-state index is 0.00180. The lowest BCUT2D eigenvalue weighted by atomic mass is 9.87. The summed E-state index contributed by atoms with van der Waals surface area (Å²) in [4.78, 5) is 4.42. The van der Waals surface area contributed by atoms with Crippen molar-refractivity contribution in [3.8, 4) is 22.3 Å². The largest absolute Gasteiger partial charge is 0.310 e. The molecule has 0 aromatic heterocycles. The first-order valence-electron chi connectivity index (χ1n) is 27.9. The van der Waals surface area contributed by atoms with Crippen molar-refractivity contribution < 1.29 is 13.7 Å². The van der Waals surface area contributed by atoms with Gasteiger partial charge in [0.2, 0.25) is 0 Å². The number of benzene rings is 11. The molecule has 2 heteroatoms. The van der Waals surface area contributed by atoms with E-state index in [1.165, 1.54) is 0 Å². The summed E-state index contributed by atoms with van der Waals surface area (Å²) in [6.45, 7) is 8.21. The fraction of sp³-hybridized carbons (Fsp3) is 0.0606. The Bertz CT molecular complexity index is 4130. The molecule has 0 saturated carbocycles. The topological polar surface area (TPSA) is 6.48 Å². The lowest BCUT2D eigenvalue weighted by Crippen LogP contribution is -2.10. The molecule has 0 aliphatic rings. The Morgan fingerprint density at radius 2 is 0.559 bits per heavy atom. The van der Waals surface area contributed by atoms with Crippen molar-refractivity contribution in [3.63, 3.8) is 0 Å². The fourth-order valence-electron chi connectivity index (χ4n) is 10.7. The van der Waals surface area contributed by atoms with Gasteiger partial charge in [-0.2, -0.15) is 0 Å². The monoisotopic (exact) mass is 878 g/mol. The van der Waals surface area contributed by atoms with E-state index in [1.54, 1.807) is 0 Å². The number of rotatable bonds is 8. The first-order valence-corrected chi connectivity index (χ1v) is 22.9. The molecule has 13 aromatic rings. The van der Waals surface area contributed by atoms with E-state index >= 15 is 0 Å². The first kappa shape index (κ1) is 30.7. The minimum atomic E-state index is -0.526. The maximum atomic E-state index is 9.78. The number of anilines is 6. The van der Waals surface area contributed by atoms with Gasteiger partial charge in [0.1, 0.15) is 0 Å². The SMILES string of the molecule is [2H]c1c([2H])c([2H])c(-c2c3c4cccc5c(N(c6ccc(C)cc6)c6ccc(C)cc6)ccc(c3c(-c3c([2H])c([2H])c([2H])c([2H])c3[2H])c3c6cccc7c(N(c8ccc(C)cc8)c8ccc(C)cc8)ccc(c23)c76)c54)c([2H])c1[2H]. The predicted molar refractivity (Wildman–Crippen MR) is 293 cm³/mol. The second-order valence-electron chi connectivity index (χ2n) is 18.0. The highest BCUT2D eigenvalue weighted by atomic mass is 15.1. The van der Waals surface area contributed by atoms with E-state index in [4.69, 9.17) is 2.74 Å². The van der Waals surface area contributed by atoms with E-state index in [2.05, 4.69) is 159 Å². The van der Waals surface area contributed by atoms with Crippen LogP contribution >= 0.6 is 0 Å². The number of hydrogen-bond acceptors (Lipinski definition) is 2. The van der Waals surface area contributed by atoms with Crippen molar-refractivity contribution in [2.45, 2.75) is 27.7 Å². The molecule has 13 rings (SSSR count). The van der Waals surface area contributed by atoms with Gasteiger partial charge in [-0.15, -0.1) is 0 Å². The lowest BCUT2D eigenvalue weighted by Gasteiger charge is -2.27. The van der Waals surface area contributed by atoms with Gasteiger partial charge < -0.3 is 9.80 Å². The summed E-state index contributed by atoms with van der Waals surface area (Å²) >= 11 is 0. The van der Waals surface area contributed by atoms with Crippen molar-refractivity contribution in [3.05, 3.63) is 240 Å². The average Bonchev–Trinajstić information content (AvgIpc) is 4.12. The fourth-order valence-corrected chi connectivity index (χ4v) is 10.7. The second kappa shape index (κ2) is 15.6. The highest BCUT2D eigenvalue weighted by Crippen LogP contribution is 2.57. The Kier molecular flexibility index (Phi) is 7.03. The molecule has 0 radical (unpaired) electrons. The quantitative estimate of drug-likeness (QED) is 0.150. The second-order valence-corrected chi connectivity index (χ2v) is 18.0. The lowest BCUT2D eigenvalue weighted by molar-refractivity contribution is 1.28. The van der Waals surface area contributed by atoms with Crippen LogP contribution in [0.5, 0.6) is 0 Å². The Morgan fingerprint density at radius 3 is 0.868 bits per heavy atom. The van der Waals surface area contributed by atoms with Gasteiger partial charge >= 0.3 is 0 Å². The summed E-state index contributed by atoms with van der Waals surface area (Å²) < 4.78 is 93.4. The predicted octanol–water partition coefficient (Wildman–Crippen LogP) is 19.0. The van der Waals surface area contributed by atoms with Crippen LogP contribution in [0.1, 0.15) is 36.0 Å². The van der Waals surface area contributed by atoms with Crippen molar-refractivity contribution in [2.75, 3.05) is 9.80 Å².